The zero-order valence-corrected chi connectivity index (χ0v) is 11.0. The molecule has 4 nitrogen and oxygen atoms in total. The van der Waals surface area contributed by atoms with E-state index in [0.717, 1.165) is 0 Å². The van der Waals surface area contributed by atoms with Crippen molar-refractivity contribution in [3.63, 3.8) is 0 Å². The molecule has 0 aromatic heterocycles. The molecule has 0 fully saturated rings. The molecule has 14 heavy (non-hydrogen) atoms. The first-order chi connectivity index (χ1) is 5.99. The van der Waals surface area contributed by atoms with Crippen molar-refractivity contribution in [2.75, 3.05) is 17.8 Å². The van der Waals surface area contributed by atoms with Crippen LogP contribution < -0.4 is 34.5 Å². The number of benzene rings is 1. The Morgan fingerprint density at radius 3 is 2.21 bits per heavy atom. The molecule has 0 unspecified atom stereocenters. The van der Waals surface area contributed by atoms with Gasteiger partial charge in [0.25, 0.3) is 0 Å². The second kappa shape index (κ2) is 5.72. The van der Waals surface area contributed by atoms with E-state index in [0.29, 0.717) is 5.69 Å². The minimum absolute atomic E-state index is 0. The van der Waals surface area contributed by atoms with E-state index in [2.05, 4.69) is 0 Å². The van der Waals surface area contributed by atoms with Crippen LogP contribution in [0.4, 0.5) is 5.69 Å². The van der Waals surface area contributed by atoms with Gasteiger partial charge in [-0.15, -0.1) is 0 Å². The molecule has 0 spiro atoms. The van der Waals surface area contributed by atoms with E-state index >= 15 is 0 Å². The maximum absolute atomic E-state index is 10.4. The van der Waals surface area contributed by atoms with Gasteiger partial charge in [-0.25, -0.2) is 8.42 Å². The Kier molecular flexibility index (Phi) is 5.70. The Hall–Kier alpha value is -0.0700. The molecule has 0 heterocycles. The smallest absolute Gasteiger partial charge is 0.747 e. The van der Waals surface area contributed by atoms with Crippen molar-refractivity contribution < 1.29 is 42.5 Å². The molecule has 6 heteroatoms. The van der Waals surface area contributed by atoms with Crippen LogP contribution in [0.1, 0.15) is 0 Å². The zero-order chi connectivity index (χ0) is 9.90. The third-order valence-corrected chi connectivity index (χ3v) is 2.25. The molecular weight excluding hydrogens is 213 g/mol. The summed E-state index contributed by atoms with van der Waals surface area (Å²) in [6.07, 6.45) is 0. The molecule has 0 atom stereocenters. The number of rotatable bonds is 3. The summed E-state index contributed by atoms with van der Waals surface area (Å²) in [6, 6.07) is 8.87. The molecule has 0 saturated carbocycles. The van der Waals surface area contributed by atoms with Gasteiger partial charge in [0.2, 0.25) is 0 Å². The summed E-state index contributed by atoms with van der Waals surface area (Å²) in [5, 5.41) is 0. The van der Waals surface area contributed by atoms with Crippen LogP contribution in [-0.4, -0.2) is 25.9 Å². The second-order valence-corrected chi connectivity index (χ2v) is 4.09. The van der Waals surface area contributed by atoms with Crippen LogP contribution in [0.25, 0.3) is 0 Å². The predicted octanol–water partition coefficient (Wildman–Crippen LogP) is -2.37. The van der Waals surface area contributed by atoms with Crippen molar-refractivity contribution in [2.24, 2.45) is 0 Å². The third kappa shape index (κ3) is 4.97. The largest absolute Gasteiger partial charge is 1.00 e. The summed E-state index contributed by atoms with van der Waals surface area (Å²) >= 11 is 0. The van der Waals surface area contributed by atoms with E-state index in [1.807, 2.05) is 6.07 Å². The summed E-state index contributed by atoms with van der Waals surface area (Å²) in [4.78, 5) is 1.39. The number of para-hydroxylation sites is 1. The van der Waals surface area contributed by atoms with E-state index in [9.17, 15) is 13.0 Å². The Morgan fingerprint density at radius 2 is 1.79 bits per heavy atom. The molecule has 1 aromatic rings. The van der Waals surface area contributed by atoms with Gasteiger partial charge >= 0.3 is 29.6 Å². The van der Waals surface area contributed by atoms with Crippen LogP contribution >= 0.6 is 0 Å². The molecule has 72 valence electrons. The normalized spacial score (nSPS) is 10.4. The average Bonchev–Trinajstić information content (AvgIpc) is 2.03. The maximum Gasteiger partial charge on any atom is 1.00 e. The van der Waals surface area contributed by atoms with E-state index < -0.39 is 16.0 Å². The quantitative estimate of drug-likeness (QED) is 0.424. The number of anilines is 1. The van der Waals surface area contributed by atoms with Gasteiger partial charge in [-0.2, -0.15) is 0 Å². The SMILES string of the molecule is CN(CS(=O)(=O)[O-])c1ccccc1.[Na+]. The number of hydrogen-bond donors (Lipinski definition) is 0. The monoisotopic (exact) mass is 223 g/mol. The Morgan fingerprint density at radius 1 is 1.29 bits per heavy atom. The first-order valence-electron chi connectivity index (χ1n) is 3.69. The Bertz CT molecular complexity index is 365. The fraction of sp³-hybridized carbons (Fsp3) is 0.250. The van der Waals surface area contributed by atoms with E-state index in [-0.39, 0.29) is 29.6 Å². The molecule has 0 amide bonds. The molecule has 0 aliphatic rings. The van der Waals surface area contributed by atoms with Gasteiger partial charge in [0.15, 0.2) is 0 Å². The van der Waals surface area contributed by atoms with Gasteiger partial charge in [0, 0.05) is 12.7 Å². The van der Waals surface area contributed by atoms with Crippen molar-refractivity contribution in [3.8, 4) is 0 Å². The van der Waals surface area contributed by atoms with Crippen molar-refractivity contribution in [3.05, 3.63) is 30.3 Å². The fourth-order valence-corrected chi connectivity index (χ4v) is 1.62. The minimum Gasteiger partial charge on any atom is -0.747 e. The van der Waals surface area contributed by atoms with E-state index in [1.165, 1.54) is 4.90 Å². The van der Waals surface area contributed by atoms with Crippen molar-refractivity contribution >= 4 is 15.8 Å². The fourth-order valence-electron chi connectivity index (χ4n) is 0.994. The van der Waals surface area contributed by atoms with Crippen LogP contribution in [0.5, 0.6) is 0 Å². The van der Waals surface area contributed by atoms with Crippen molar-refractivity contribution in [1.29, 1.82) is 0 Å². The summed E-state index contributed by atoms with van der Waals surface area (Å²) in [5.74, 6) is -0.503. The van der Waals surface area contributed by atoms with Crippen LogP contribution in [-0.2, 0) is 10.1 Å². The zero-order valence-electron chi connectivity index (χ0n) is 8.17. The van der Waals surface area contributed by atoms with Gasteiger partial charge in [-0.05, 0) is 12.1 Å². The second-order valence-electron chi connectivity index (χ2n) is 2.72. The molecule has 0 aliphatic carbocycles. The third-order valence-electron chi connectivity index (χ3n) is 1.55. The summed E-state index contributed by atoms with van der Waals surface area (Å²) in [5.41, 5.74) is 0.710. The maximum atomic E-state index is 10.4. The molecule has 0 aliphatic heterocycles. The minimum atomic E-state index is -4.20. The molecule has 0 radical (unpaired) electrons. The predicted molar refractivity (Wildman–Crippen MR) is 49.4 cm³/mol. The van der Waals surface area contributed by atoms with Crippen LogP contribution in [0.3, 0.4) is 0 Å². The number of nitrogens with zero attached hydrogens (tertiary/aromatic N) is 1. The first kappa shape index (κ1) is 13.9. The average molecular weight is 223 g/mol. The van der Waals surface area contributed by atoms with Crippen LogP contribution in [0.2, 0.25) is 0 Å². The number of hydrogen-bond acceptors (Lipinski definition) is 4. The Balaban J connectivity index is 0.00000169. The topological polar surface area (TPSA) is 60.4 Å². The molecule has 1 aromatic carbocycles. The molecular formula is C8H10NNaO3S. The van der Waals surface area contributed by atoms with Gasteiger partial charge in [0.1, 0.15) is 16.0 Å². The molecule has 0 saturated heterocycles. The summed E-state index contributed by atoms with van der Waals surface area (Å²) in [6.45, 7) is 0. The first-order valence-corrected chi connectivity index (χ1v) is 5.26. The van der Waals surface area contributed by atoms with Crippen molar-refractivity contribution in [2.45, 2.75) is 0 Å². The van der Waals surface area contributed by atoms with E-state index in [4.69, 9.17) is 0 Å². The van der Waals surface area contributed by atoms with Gasteiger partial charge in [-0.3, -0.25) is 0 Å². The van der Waals surface area contributed by atoms with Gasteiger partial charge in [-0.1, -0.05) is 18.2 Å². The van der Waals surface area contributed by atoms with Gasteiger partial charge < -0.3 is 9.45 Å². The summed E-state index contributed by atoms with van der Waals surface area (Å²) in [7, 11) is -2.64. The molecule has 1 rings (SSSR count). The van der Waals surface area contributed by atoms with Crippen LogP contribution in [0, 0.1) is 0 Å². The van der Waals surface area contributed by atoms with Crippen molar-refractivity contribution in [1.82, 2.24) is 0 Å². The molecule has 0 bridgehead atoms. The molecule has 0 N–H and O–H groups in total. The Labute approximate surface area is 106 Å². The summed E-state index contributed by atoms with van der Waals surface area (Å²) < 4.78 is 31.3. The van der Waals surface area contributed by atoms with E-state index in [1.54, 1.807) is 31.3 Å². The van der Waals surface area contributed by atoms with Gasteiger partial charge in [0.05, 0.1) is 0 Å². The standard InChI is InChI=1S/C8H11NO3S.Na/c1-9(7-13(10,11)12)8-5-3-2-4-6-8;/h2-6H,7H2,1H3,(H,10,11,12);/q;+1/p-1. The van der Waals surface area contributed by atoms with Crippen LogP contribution in [0.15, 0.2) is 30.3 Å².